The quantitative estimate of drug-likeness (QED) is 0.00598. The molecule has 734 valence electrons. The van der Waals surface area contributed by atoms with Crippen LogP contribution in [0.3, 0.4) is 0 Å². The minimum atomic E-state index is 0.123. The second-order valence-corrected chi connectivity index (χ2v) is 34.6. The summed E-state index contributed by atoms with van der Waals surface area (Å²) in [7, 11) is 9.01. The predicted octanol–water partition coefficient (Wildman–Crippen LogP) is 22.2. The maximum atomic E-state index is 6.01. The fraction of sp³-hybridized carbons (Fsp3) is 0.364. The van der Waals surface area contributed by atoms with Gasteiger partial charge in [0, 0.05) is 139 Å². The first-order valence-electron chi connectivity index (χ1n) is 47.0. The number of hydrazone groups is 4. The van der Waals surface area contributed by atoms with Crippen molar-refractivity contribution in [2.75, 3.05) is 65.7 Å². The number of allylic oxidation sites excluding steroid dienone is 18. The maximum absolute atomic E-state index is 6.01. The summed E-state index contributed by atoms with van der Waals surface area (Å²) in [5.74, 6) is 0.810. The molecule has 0 bridgehead atoms. The first kappa shape index (κ1) is 116. The number of rotatable bonds is 33. The Morgan fingerprint density at radius 2 is 1.32 bits per heavy atom. The number of unbranched alkanes of at least 4 members (excludes halogenated alkanes) is 1. The Kier molecular flexibility index (Phi) is 58.2. The number of aromatic nitrogens is 9. The zero-order valence-electron chi connectivity index (χ0n) is 84.5. The van der Waals surface area contributed by atoms with Gasteiger partial charge in [-0.3, -0.25) is 30.3 Å². The number of aromatic amines is 3. The van der Waals surface area contributed by atoms with Crippen LogP contribution in [0.1, 0.15) is 225 Å². The molecule has 0 spiro atoms. The summed E-state index contributed by atoms with van der Waals surface area (Å²) >= 11 is 4.40. The number of ether oxygens (including phenoxy) is 1. The van der Waals surface area contributed by atoms with E-state index in [1.807, 2.05) is 182 Å². The highest BCUT2D eigenvalue weighted by Gasteiger charge is 2.28. The average molecular weight is 1910 g/mol. The van der Waals surface area contributed by atoms with E-state index in [0.29, 0.717) is 40.4 Å². The third kappa shape index (κ3) is 41.1. The van der Waals surface area contributed by atoms with Crippen LogP contribution in [-0.2, 0) is 4.74 Å². The molecule has 4 unspecified atom stereocenters. The van der Waals surface area contributed by atoms with E-state index in [4.69, 9.17) is 32.9 Å². The summed E-state index contributed by atoms with van der Waals surface area (Å²) in [6, 6.07) is 12.8. The van der Waals surface area contributed by atoms with Gasteiger partial charge in [-0.25, -0.2) is 24.9 Å². The van der Waals surface area contributed by atoms with Crippen LogP contribution >= 0.6 is 34.0 Å². The second-order valence-electron chi connectivity index (χ2n) is 31.4. The number of hydrogen-bond donors (Lipinski definition) is 11. The lowest BCUT2D eigenvalue weighted by Gasteiger charge is -2.22. The number of nitrogen functional groups attached to an aromatic ring is 3. The molecule has 27 nitrogen and oxygen atoms in total. The van der Waals surface area contributed by atoms with Gasteiger partial charge < -0.3 is 49.3 Å². The molecule has 9 heterocycles. The van der Waals surface area contributed by atoms with Crippen molar-refractivity contribution in [1.82, 2.24) is 72.1 Å². The van der Waals surface area contributed by atoms with Gasteiger partial charge in [0.2, 0.25) is 0 Å². The Balaban J connectivity index is 0.000000348. The summed E-state index contributed by atoms with van der Waals surface area (Å²) < 4.78 is 7.28. The van der Waals surface area contributed by atoms with Gasteiger partial charge in [0.1, 0.15) is 0 Å². The van der Waals surface area contributed by atoms with E-state index in [0.717, 1.165) is 179 Å². The van der Waals surface area contributed by atoms with Crippen molar-refractivity contribution < 1.29 is 4.74 Å². The predicted molar refractivity (Wildman–Crippen MR) is 597 cm³/mol. The molecular formula is C107H152N26OS3. The largest absolute Gasteiger partial charge is 0.404 e. The lowest BCUT2D eigenvalue weighted by atomic mass is 9.94. The molecule has 1 aliphatic carbocycles. The van der Waals surface area contributed by atoms with Gasteiger partial charge >= 0.3 is 0 Å². The number of fused-ring (bicyclic) bond motifs is 3. The number of nitrogens with zero attached hydrogens (tertiary/aromatic N) is 15. The standard InChI is InChI=1S/C22H25N5S.C22H29N5S.C20H29N5.C18H19N5S.C15H21N5.2C3H8.C2H7N.C2H6O/c1-4-6-14(5-2)21(15-7-9-18-20(12-15)28-22(23)26-18)25-17-8-10-19-16(11-17)13-24-27(19)3;1-4-6-11-17(18(14-23)19-15-25-27-21(19)10-5-2)12-8-7-9-13-20-16(3)28-22(24)26-20;1-5-9-16(6-2)20(18-14-23-25-19(18)15(3)4)24-17-10-7-12-21-22-13-8-11-17;1-3-5-15(20-9-8-13-11-21-23-14(13)4-2)12-6-7-16-17(10-12)24-18(19)22-16;1-4-8-15(14-12-19-20-13(14)3)16-10-6-7-11-18-17-9-5-2;4*1-3-2/h5,7-13,16,19H,4,6H2,1-3H3,(H2,23,26);5,7,9-10,12-15H,3-4,6,8,11,23H2,1-2H3,(H2,24,26)(H,25,27);6-7,10-11,13-15,21H,5,8-9,12H2,1-4H3,(H,23,25);3-11,13-14,23H,2H2,1H3,(H2,19,22);4-6,8,10-12,17H,2,7,9H2,1,3H3,(H,19,20);2*3H2,1-2H3;3H,1-2H3;1-2H3/b14-5+,25-21?;9-7+,10-5+,17-12-,18-14+,20-13+;10-7?,16-6+,17-11+,22-13-,24-20-;5-3+,9-8+,20-15-;8-4+,10-6+,16-15-,18-11-;;;;. The van der Waals surface area contributed by atoms with Crippen LogP contribution in [0.2, 0.25) is 0 Å². The number of nitrogens with two attached hydrogens (primary N) is 4. The Morgan fingerprint density at radius 3 is 1.93 bits per heavy atom. The molecule has 8 aromatic rings. The number of nitrogens with one attached hydrogen (secondary N) is 7. The van der Waals surface area contributed by atoms with E-state index in [1.165, 1.54) is 63.6 Å². The van der Waals surface area contributed by atoms with E-state index >= 15 is 0 Å². The first-order valence-corrected chi connectivity index (χ1v) is 49.4. The molecule has 137 heavy (non-hydrogen) atoms. The monoisotopic (exact) mass is 1910 g/mol. The van der Waals surface area contributed by atoms with Crippen LogP contribution in [0, 0.1) is 18.8 Å². The maximum Gasteiger partial charge on any atom is 0.181 e. The highest BCUT2D eigenvalue weighted by atomic mass is 32.1. The summed E-state index contributed by atoms with van der Waals surface area (Å²) in [5.41, 5.74) is 53.0. The van der Waals surface area contributed by atoms with Crippen LogP contribution in [-0.4, -0.2) is 159 Å². The van der Waals surface area contributed by atoms with Gasteiger partial charge in [-0.2, -0.15) is 35.7 Å². The van der Waals surface area contributed by atoms with Crippen LogP contribution in [0.15, 0.2) is 277 Å². The average Bonchev–Trinajstić information content (AvgIpc) is 1.70. The Hall–Kier alpha value is -13.3. The number of thiazole rings is 3. The minimum Gasteiger partial charge on any atom is -0.404 e. The molecule has 4 aliphatic rings. The van der Waals surface area contributed by atoms with Crippen molar-refractivity contribution in [3.63, 3.8) is 0 Å². The van der Waals surface area contributed by atoms with Crippen LogP contribution in [0.25, 0.3) is 44.7 Å². The first-order chi connectivity index (χ1) is 66.5. The van der Waals surface area contributed by atoms with Gasteiger partial charge in [0.05, 0.1) is 109 Å². The smallest absolute Gasteiger partial charge is 0.181 e. The summed E-state index contributed by atoms with van der Waals surface area (Å²) in [4.78, 5) is 32.1. The fourth-order valence-corrected chi connectivity index (χ4v) is 15.4. The Bertz CT molecular complexity index is 5790. The molecule has 0 amide bonds. The highest BCUT2D eigenvalue weighted by molar-refractivity contribution is 7.22. The van der Waals surface area contributed by atoms with E-state index in [-0.39, 0.29) is 17.9 Å². The van der Waals surface area contributed by atoms with E-state index in [9.17, 15) is 0 Å². The second kappa shape index (κ2) is 68.7. The molecule has 0 saturated heterocycles. The number of aryl methyl sites for hydroxylation is 1. The Labute approximate surface area is 826 Å². The zero-order chi connectivity index (χ0) is 100. The lowest BCUT2D eigenvalue weighted by Crippen LogP contribution is -2.27. The fourth-order valence-electron chi connectivity index (χ4n) is 13.3. The van der Waals surface area contributed by atoms with Crippen LogP contribution < -0.4 is 54.4 Å². The molecule has 4 atom stereocenters. The zero-order valence-corrected chi connectivity index (χ0v) is 86.9. The summed E-state index contributed by atoms with van der Waals surface area (Å²) in [5, 5.41) is 45.5. The third-order valence-electron chi connectivity index (χ3n) is 19.5. The number of H-pyrrole nitrogens is 3. The number of hydrogen-bond acceptors (Lipinski definition) is 27. The molecule has 0 saturated carbocycles. The SMILES string of the molecule is C/C=C(CCC)/C(=N/C1=C/C/C=N\NCC=C1)c1cn[nH]c1C(C)C.C/C=C(\CCC)C(=NC1=CC2C=NN(C)C2C=C1)c1ccc2nc(N)sc2c1.C=CC1NN=CC1/C=C/N=C(/C=C/C)c1ccc2nc(N)sc2c1.C=CCN/N=C\C/C=C/N=C(/C=C/C)c1cn[nH]c1C.C=c1sc(N)n/c1=C/C=C/C/C=C(CCCC)\C(=C/N)c1cn[nH]c1/C=C/C.CCC.CCC.CNC.COC. The van der Waals surface area contributed by atoms with Crippen molar-refractivity contribution in [2.24, 2.45) is 57.9 Å². The number of likely N-dealkylation sites (N-methyl/N-ethyl adjacent to an activating group) is 1. The number of aliphatic imine (C=N–C) groups is 4. The minimum absolute atomic E-state index is 0.123. The number of methoxy groups -OCH3 is 1. The number of anilines is 3. The van der Waals surface area contributed by atoms with Crippen LogP contribution in [0.5, 0.6) is 0 Å². The van der Waals surface area contributed by atoms with E-state index in [1.54, 1.807) is 45.1 Å². The van der Waals surface area contributed by atoms with Crippen molar-refractivity contribution in [1.29, 1.82) is 0 Å². The van der Waals surface area contributed by atoms with Gasteiger partial charge in [-0.1, -0.05) is 238 Å². The Morgan fingerprint density at radius 1 is 0.701 bits per heavy atom. The molecule has 2 aromatic carbocycles. The molecule has 0 radical (unpaired) electrons. The number of benzene rings is 2. The molecule has 6 aromatic heterocycles. The molecule has 30 heteroatoms. The third-order valence-corrected chi connectivity index (χ3v) is 22.0. The summed E-state index contributed by atoms with van der Waals surface area (Å²) in [6.07, 6.45) is 75.2. The van der Waals surface area contributed by atoms with Crippen LogP contribution in [0.4, 0.5) is 15.4 Å². The van der Waals surface area contributed by atoms with Crippen molar-refractivity contribution in [3.8, 4) is 0 Å². The normalized spacial score (nSPS) is 17.1. The highest BCUT2D eigenvalue weighted by Crippen LogP contribution is 2.33. The molecule has 3 aliphatic heterocycles. The van der Waals surface area contributed by atoms with E-state index < -0.39 is 0 Å². The molecular weight excluding hydrogens is 1760 g/mol. The van der Waals surface area contributed by atoms with Crippen molar-refractivity contribution in [2.45, 2.75) is 199 Å². The lowest BCUT2D eigenvalue weighted by molar-refractivity contribution is 0.277. The van der Waals surface area contributed by atoms with Gasteiger partial charge in [-0.05, 0) is 177 Å². The van der Waals surface area contributed by atoms with E-state index in [2.05, 4.69) is 271 Å². The van der Waals surface area contributed by atoms with Gasteiger partial charge in [0.25, 0.3) is 0 Å². The van der Waals surface area contributed by atoms with Crippen molar-refractivity contribution >= 4 is 142 Å². The molecule has 15 N–H and O–H groups in total. The topological polar surface area (TPSA) is 388 Å². The van der Waals surface area contributed by atoms with Gasteiger partial charge in [-0.15, -0.1) is 13.2 Å². The van der Waals surface area contributed by atoms with Crippen molar-refractivity contribution in [3.05, 3.63) is 291 Å². The summed E-state index contributed by atoms with van der Waals surface area (Å²) in [6.45, 7) is 44.2. The molecule has 12 rings (SSSR count). The molecule has 0 fully saturated rings. The van der Waals surface area contributed by atoms with Gasteiger partial charge in [0.15, 0.2) is 15.4 Å².